The molecule has 1 aliphatic rings. The molecule has 3 atom stereocenters. The van der Waals surface area contributed by atoms with Crippen LogP contribution in [0.3, 0.4) is 0 Å². The summed E-state index contributed by atoms with van der Waals surface area (Å²) in [6, 6.07) is 10.9. The molecular formula is C19H31NO. The van der Waals surface area contributed by atoms with E-state index in [1.807, 2.05) is 0 Å². The number of ether oxygens (including phenoxy) is 1. The Morgan fingerprint density at radius 1 is 1.19 bits per heavy atom. The molecule has 1 aromatic carbocycles. The lowest BCUT2D eigenvalue weighted by Gasteiger charge is -2.36. The predicted molar refractivity (Wildman–Crippen MR) is 89.4 cm³/mol. The Bertz CT molecular complexity index is 390. The summed E-state index contributed by atoms with van der Waals surface area (Å²) in [7, 11) is 0. The summed E-state index contributed by atoms with van der Waals surface area (Å²) in [4.78, 5) is 0. The van der Waals surface area contributed by atoms with Crippen LogP contribution in [0.2, 0.25) is 0 Å². The van der Waals surface area contributed by atoms with Crippen LogP contribution in [0.25, 0.3) is 0 Å². The van der Waals surface area contributed by atoms with Crippen LogP contribution in [0, 0.1) is 11.8 Å². The summed E-state index contributed by atoms with van der Waals surface area (Å²) in [5.41, 5.74) is 7.41. The zero-order valence-corrected chi connectivity index (χ0v) is 13.6. The molecule has 2 rings (SSSR count). The lowest BCUT2D eigenvalue weighted by Crippen LogP contribution is -2.36. The highest BCUT2D eigenvalue weighted by Crippen LogP contribution is 2.37. The third kappa shape index (κ3) is 5.12. The zero-order chi connectivity index (χ0) is 15.1. The third-order valence-corrected chi connectivity index (χ3v) is 4.76. The number of rotatable bonds is 7. The smallest absolute Gasteiger partial charge is 0.0621 e. The molecule has 3 unspecified atom stereocenters. The van der Waals surface area contributed by atoms with Gasteiger partial charge < -0.3 is 10.5 Å². The summed E-state index contributed by atoms with van der Waals surface area (Å²) in [5.74, 6) is 1.95. The van der Waals surface area contributed by atoms with E-state index in [0.717, 1.165) is 25.5 Å². The van der Waals surface area contributed by atoms with E-state index < -0.39 is 0 Å². The van der Waals surface area contributed by atoms with Crippen molar-refractivity contribution in [2.45, 2.75) is 58.0 Å². The topological polar surface area (TPSA) is 35.2 Å². The van der Waals surface area contributed by atoms with Crippen molar-refractivity contribution in [1.82, 2.24) is 0 Å². The molecule has 0 bridgehead atoms. The van der Waals surface area contributed by atoms with Gasteiger partial charge in [-0.1, -0.05) is 44.2 Å². The highest BCUT2D eigenvalue weighted by molar-refractivity contribution is 5.20. The largest absolute Gasteiger partial charge is 0.378 e. The van der Waals surface area contributed by atoms with Gasteiger partial charge in [0.2, 0.25) is 0 Å². The Morgan fingerprint density at radius 2 is 1.95 bits per heavy atom. The summed E-state index contributed by atoms with van der Waals surface area (Å²) >= 11 is 0. The number of benzene rings is 1. The van der Waals surface area contributed by atoms with Crippen molar-refractivity contribution < 1.29 is 4.74 Å². The lowest BCUT2D eigenvalue weighted by atomic mass is 9.77. The van der Waals surface area contributed by atoms with Crippen LogP contribution < -0.4 is 5.73 Å². The minimum Gasteiger partial charge on any atom is -0.378 e. The number of hydrogen-bond donors (Lipinski definition) is 1. The quantitative estimate of drug-likeness (QED) is 0.757. The third-order valence-electron chi connectivity index (χ3n) is 4.76. The van der Waals surface area contributed by atoms with Crippen LogP contribution in [0.5, 0.6) is 0 Å². The van der Waals surface area contributed by atoms with E-state index in [1.54, 1.807) is 0 Å². The molecule has 0 aromatic heterocycles. The van der Waals surface area contributed by atoms with Gasteiger partial charge in [0, 0.05) is 6.61 Å². The Labute approximate surface area is 130 Å². The average molecular weight is 289 g/mol. The first kappa shape index (κ1) is 16.5. The van der Waals surface area contributed by atoms with Gasteiger partial charge in [0.05, 0.1) is 6.10 Å². The van der Waals surface area contributed by atoms with Crippen molar-refractivity contribution in [2.24, 2.45) is 17.6 Å². The average Bonchev–Trinajstić information content (AvgIpc) is 2.52. The Kier molecular flexibility index (Phi) is 6.72. The number of nitrogens with two attached hydrogens (primary N) is 1. The van der Waals surface area contributed by atoms with E-state index >= 15 is 0 Å². The van der Waals surface area contributed by atoms with E-state index in [9.17, 15) is 0 Å². The molecule has 2 heteroatoms. The fourth-order valence-electron chi connectivity index (χ4n) is 3.42. The summed E-state index contributed by atoms with van der Waals surface area (Å²) < 4.78 is 6.21. The molecule has 0 heterocycles. The first-order valence-corrected chi connectivity index (χ1v) is 8.57. The first-order valence-electron chi connectivity index (χ1n) is 8.57. The van der Waals surface area contributed by atoms with Gasteiger partial charge in [-0.2, -0.15) is 0 Å². The lowest BCUT2D eigenvalue weighted by molar-refractivity contribution is -0.0158. The molecule has 1 fully saturated rings. The van der Waals surface area contributed by atoms with Crippen molar-refractivity contribution in [2.75, 3.05) is 13.2 Å². The predicted octanol–water partition coefficient (Wildman–Crippen LogP) is 4.35. The normalized spacial score (nSPS) is 26.2. The second-order valence-electron chi connectivity index (χ2n) is 6.86. The van der Waals surface area contributed by atoms with Crippen molar-refractivity contribution in [3.8, 4) is 0 Å². The molecule has 118 valence electrons. The Hall–Kier alpha value is -0.860. The maximum absolute atomic E-state index is 6.21. The zero-order valence-electron chi connectivity index (χ0n) is 13.6. The Morgan fingerprint density at radius 3 is 2.62 bits per heavy atom. The standard InChI is InChI=1S/C19H31NO/c1-15(2)7-6-12-21-19-13-17(10-11-18(19)14-20)16-8-4-3-5-9-16/h3-5,8-9,15,17-19H,6-7,10-14,20H2,1-2H3. The van der Waals surface area contributed by atoms with Gasteiger partial charge in [-0.3, -0.25) is 0 Å². The van der Waals surface area contributed by atoms with E-state index in [1.165, 1.54) is 31.2 Å². The molecule has 0 saturated heterocycles. The van der Waals surface area contributed by atoms with Crippen molar-refractivity contribution in [3.05, 3.63) is 35.9 Å². The van der Waals surface area contributed by atoms with Crippen LogP contribution in [-0.2, 0) is 4.74 Å². The van der Waals surface area contributed by atoms with Gasteiger partial charge in [-0.15, -0.1) is 0 Å². The summed E-state index contributed by atoms with van der Waals surface area (Å²) in [5, 5.41) is 0. The molecule has 0 spiro atoms. The highest BCUT2D eigenvalue weighted by Gasteiger charge is 2.30. The summed E-state index contributed by atoms with van der Waals surface area (Å²) in [6.45, 7) is 6.20. The van der Waals surface area contributed by atoms with Crippen LogP contribution in [0.4, 0.5) is 0 Å². The molecule has 0 aliphatic heterocycles. The molecule has 21 heavy (non-hydrogen) atoms. The van der Waals surface area contributed by atoms with E-state index in [-0.39, 0.29) is 0 Å². The number of hydrogen-bond acceptors (Lipinski definition) is 2. The minimum absolute atomic E-state index is 0.348. The van der Waals surface area contributed by atoms with Crippen molar-refractivity contribution >= 4 is 0 Å². The summed E-state index contributed by atoms with van der Waals surface area (Å²) in [6.07, 6.45) is 6.35. The maximum atomic E-state index is 6.21. The van der Waals surface area contributed by atoms with Gasteiger partial charge in [-0.05, 0) is 62.0 Å². The van der Waals surface area contributed by atoms with Crippen LogP contribution >= 0.6 is 0 Å². The molecule has 1 aromatic rings. The fourth-order valence-corrected chi connectivity index (χ4v) is 3.42. The molecule has 0 radical (unpaired) electrons. The second-order valence-corrected chi connectivity index (χ2v) is 6.86. The molecule has 2 nitrogen and oxygen atoms in total. The molecule has 2 N–H and O–H groups in total. The monoisotopic (exact) mass is 289 g/mol. The van der Waals surface area contributed by atoms with Gasteiger partial charge in [-0.25, -0.2) is 0 Å². The van der Waals surface area contributed by atoms with Gasteiger partial charge in [0.15, 0.2) is 0 Å². The molecule has 1 saturated carbocycles. The van der Waals surface area contributed by atoms with E-state index in [0.29, 0.717) is 17.9 Å². The maximum Gasteiger partial charge on any atom is 0.0621 e. The van der Waals surface area contributed by atoms with Crippen molar-refractivity contribution in [1.29, 1.82) is 0 Å². The molecule has 0 amide bonds. The highest BCUT2D eigenvalue weighted by atomic mass is 16.5. The fraction of sp³-hybridized carbons (Fsp3) is 0.684. The van der Waals surface area contributed by atoms with Crippen molar-refractivity contribution in [3.63, 3.8) is 0 Å². The van der Waals surface area contributed by atoms with Gasteiger partial charge >= 0.3 is 0 Å². The Balaban J connectivity index is 1.87. The molecular weight excluding hydrogens is 258 g/mol. The van der Waals surface area contributed by atoms with Crippen LogP contribution in [-0.4, -0.2) is 19.3 Å². The van der Waals surface area contributed by atoms with Gasteiger partial charge in [0.1, 0.15) is 0 Å². The van der Waals surface area contributed by atoms with Gasteiger partial charge in [0.25, 0.3) is 0 Å². The van der Waals surface area contributed by atoms with Crippen LogP contribution in [0.15, 0.2) is 30.3 Å². The SMILES string of the molecule is CC(C)CCCOC1CC(c2ccccc2)CCC1CN. The van der Waals surface area contributed by atoms with Crippen LogP contribution in [0.1, 0.15) is 57.4 Å². The molecule has 1 aliphatic carbocycles. The second kappa shape index (κ2) is 8.55. The first-order chi connectivity index (χ1) is 10.2. The minimum atomic E-state index is 0.348. The van der Waals surface area contributed by atoms with E-state index in [4.69, 9.17) is 10.5 Å². The van der Waals surface area contributed by atoms with E-state index in [2.05, 4.69) is 44.2 Å².